The molecular weight excluding hydrogens is 247 g/mol. The van der Waals surface area contributed by atoms with Crippen molar-refractivity contribution >= 4 is 5.91 Å². The Hall–Kier alpha value is -1.62. The van der Waals surface area contributed by atoms with Gasteiger partial charge in [-0.15, -0.1) is 0 Å². The van der Waals surface area contributed by atoms with Gasteiger partial charge in [0.2, 0.25) is 0 Å². The van der Waals surface area contributed by atoms with Crippen LogP contribution >= 0.6 is 0 Å². The highest BCUT2D eigenvalue weighted by atomic mass is 19.1. The molecule has 1 aromatic carbocycles. The predicted molar refractivity (Wildman–Crippen MR) is 70.5 cm³/mol. The lowest BCUT2D eigenvalue weighted by molar-refractivity contribution is -0.134. The van der Waals surface area contributed by atoms with E-state index < -0.39 is 6.17 Å². The number of hydrogen-bond acceptors (Lipinski definition) is 3. The topological polar surface area (TPSA) is 55.6 Å². The molecule has 1 aliphatic heterocycles. The van der Waals surface area contributed by atoms with Crippen LogP contribution in [0.25, 0.3) is 0 Å². The average Bonchev–Trinajstić information content (AvgIpc) is 2.46. The summed E-state index contributed by atoms with van der Waals surface area (Å²) in [6, 6.07) is 7.36. The van der Waals surface area contributed by atoms with Gasteiger partial charge in [0.1, 0.15) is 11.9 Å². The molecule has 0 unspecified atom stereocenters. The first-order chi connectivity index (χ1) is 9.19. The SMILES string of the molecule is NCc1cccc(OCC(=O)N2CCC(F)CC2)c1. The molecule has 2 rings (SSSR count). The second kappa shape index (κ2) is 6.52. The van der Waals surface area contributed by atoms with Crippen LogP contribution in [0, 0.1) is 0 Å². The number of nitrogens with zero attached hydrogens (tertiary/aromatic N) is 1. The summed E-state index contributed by atoms with van der Waals surface area (Å²) in [5.41, 5.74) is 6.50. The van der Waals surface area contributed by atoms with Crippen molar-refractivity contribution in [3.8, 4) is 5.75 Å². The van der Waals surface area contributed by atoms with Crippen molar-refractivity contribution in [1.82, 2.24) is 4.90 Å². The van der Waals surface area contributed by atoms with Crippen LogP contribution < -0.4 is 10.5 Å². The summed E-state index contributed by atoms with van der Waals surface area (Å²) in [6.45, 7) is 1.39. The Morgan fingerprint density at radius 2 is 2.16 bits per heavy atom. The van der Waals surface area contributed by atoms with E-state index in [1.165, 1.54) is 0 Å². The fraction of sp³-hybridized carbons (Fsp3) is 0.500. The molecule has 19 heavy (non-hydrogen) atoms. The summed E-state index contributed by atoms with van der Waals surface area (Å²) < 4.78 is 18.4. The first kappa shape index (κ1) is 13.8. The van der Waals surface area contributed by atoms with E-state index in [1.54, 1.807) is 11.0 Å². The van der Waals surface area contributed by atoms with E-state index >= 15 is 0 Å². The second-order valence-electron chi connectivity index (χ2n) is 4.70. The number of rotatable bonds is 4. The van der Waals surface area contributed by atoms with Crippen molar-refractivity contribution < 1.29 is 13.9 Å². The summed E-state index contributed by atoms with van der Waals surface area (Å²) in [7, 11) is 0. The van der Waals surface area contributed by atoms with Crippen molar-refractivity contribution in [3.05, 3.63) is 29.8 Å². The third-order valence-electron chi connectivity index (χ3n) is 3.27. The maximum absolute atomic E-state index is 13.0. The Bertz CT molecular complexity index is 431. The Morgan fingerprint density at radius 1 is 1.42 bits per heavy atom. The molecule has 0 atom stereocenters. The largest absolute Gasteiger partial charge is 0.484 e. The molecule has 0 aliphatic carbocycles. The zero-order valence-corrected chi connectivity index (χ0v) is 10.8. The molecule has 0 radical (unpaired) electrons. The summed E-state index contributed by atoms with van der Waals surface area (Å²) in [6.07, 6.45) is 0.0780. The first-order valence-electron chi connectivity index (χ1n) is 6.52. The Kier molecular flexibility index (Phi) is 4.74. The lowest BCUT2D eigenvalue weighted by atomic mass is 10.1. The van der Waals surface area contributed by atoms with Gasteiger partial charge in [0.05, 0.1) is 0 Å². The molecule has 1 saturated heterocycles. The number of hydrogen-bond donors (Lipinski definition) is 1. The van der Waals surface area contributed by atoms with Crippen LogP contribution in [-0.4, -0.2) is 36.7 Å². The van der Waals surface area contributed by atoms with Gasteiger partial charge in [-0.2, -0.15) is 0 Å². The van der Waals surface area contributed by atoms with Crippen LogP contribution in [0.15, 0.2) is 24.3 Å². The molecule has 0 saturated carbocycles. The number of amides is 1. The Balaban J connectivity index is 1.82. The van der Waals surface area contributed by atoms with Gasteiger partial charge in [-0.1, -0.05) is 12.1 Å². The number of halogens is 1. The molecule has 4 nitrogen and oxygen atoms in total. The first-order valence-corrected chi connectivity index (χ1v) is 6.52. The summed E-state index contributed by atoms with van der Waals surface area (Å²) in [5, 5.41) is 0. The molecule has 2 N–H and O–H groups in total. The van der Waals surface area contributed by atoms with Gasteiger partial charge in [0.25, 0.3) is 5.91 Å². The summed E-state index contributed by atoms with van der Waals surface area (Å²) >= 11 is 0. The molecule has 0 bridgehead atoms. The van der Waals surface area contributed by atoms with Crippen molar-refractivity contribution in [1.29, 1.82) is 0 Å². The minimum absolute atomic E-state index is 0.00895. The van der Waals surface area contributed by atoms with E-state index in [-0.39, 0.29) is 12.5 Å². The Labute approximate surface area is 112 Å². The maximum atomic E-state index is 13.0. The van der Waals surface area contributed by atoms with Gasteiger partial charge in [0.15, 0.2) is 6.61 Å². The van der Waals surface area contributed by atoms with Gasteiger partial charge in [0, 0.05) is 19.6 Å². The van der Waals surface area contributed by atoms with Crippen LogP contribution in [0.3, 0.4) is 0 Å². The molecule has 1 heterocycles. The highest BCUT2D eigenvalue weighted by Gasteiger charge is 2.22. The van der Waals surface area contributed by atoms with Crippen LogP contribution in [-0.2, 0) is 11.3 Å². The van der Waals surface area contributed by atoms with E-state index in [0.717, 1.165) is 5.56 Å². The number of alkyl halides is 1. The molecular formula is C14H19FN2O2. The number of ether oxygens (including phenoxy) is 1. The molecule has 1 amide bonds. The van der Waals surface area contributed by atoms with Crippen LogP contribution in [0.1, 0.15) is 18.4 Å². The monoisotopic (exact) mass is 266 g/mol. The smallest absolute Gasteiger partial charge is 0.260 e. The molecule has 104 valence electrons. The molecule has 1 aromatic rings. The van der Waals surface area contributed by atoms with Gasteiger partial charge >= 0.3 is 0 Å². The minimum atomic E-state index is -0.772. The standard InChI is InChI=1S/C14H19FN2O2/c15-12-4-6-17(7-5-12)14(18)10-19-13-3-1-2-11(8-13)9-16/h1-3,8,12H,4-7,9-10,16H2. The molecule has 0 spiro atoms. The molecule has 1 fully saturated rings. The minimum Gasteiger partial charge on any atom is -0.484 e. The van der Waals surface area contributed by atoms with Crippen molar-refractivity contribution in [3.63, 3.8) is 0 Å². The van der Waals surface area contributed by atoms with Crippen LogP contribution in [0.5, 0.6) is 5.75 Å². The van der Waals surface area contributed by atoms with E-state index in [4.69, 9.17) is 10.5 Å². The normalized spacial score (nSPS) is 16.4. The fourth-order valence-corrected chi connectivity index (χ4v) is 2.10. The predicted octanol–water partition coefficient (Wildman–Crippen LogP) is 1.48. The van der Waals surface area contributed by atoms with Gasteiger partial charge in [-0.25, -0.2) is 4.39 Å². The number of carbonyl (C=O) groups is 1. The molecule has 5 heteroatoms. The summed E-state index contributed by atoms with van der Waals surface area (Å²) in [4.78, 5) is 13.5. The quantitative estimate of drug-likeness (QED) is 0.898. The van der Waals surface area contributed by atoms with Gasteiger partial charge in [-0.05, 0) is 30.5 Å². The van der Waals surface area contributed by atoms with Gasteiger partial charge in [-0.3, -0.25) is 4.79 Å². The highest BCUT2D eigenvalue weighted by Crippen LogP contribution is 2.15. The lowest BCUT2D eigenvalue weighted by Gasteiger charge is -2.28. The Morgan fingerprint density at radius 3 is 2.84 bits per heavy atom. The molecule has 1 aliphatic rings. The van der Waals surface area contributed by atoms with Crippen molar-refractivity contribution in [2.75, 3.05) is 19.7 Å². The molecule has 0 aromatic heterocycles. The summed E-state index contributed by atoms with van der Waals surface area (Å²) in [5.74, 6) is 0.543. The third-order valence-corrected chi connectivity index (χ3v) is 3.27. The lowest BCUT2D eigenvalue weighted by Crippen LogP contribution is -2.41. The zero-order valence-electron chi connectivity index (χ0n) is 10.8. The highest BCUT2D eigenvalue weighted by molar-refractivity contribution is 5.77. The fourth-order valence-electron chi connectivity index (χ4n) is 2.10. The van der Waals surface area contributed by atoms with E-state index in [2.05, 4.69) is 0 Å². The number of likely N-dealkylation sites (tertiary alicyclic amines) is 1. The maximum Gasteiger partial charge on any atom is 0.260 e. The van der Waals surface area contributed by atoms with E-state index in [1.807, 2.05) is 18.2 Å². The number of carbonyl (C=O) groups excluding carboxylic acids is 1. The zero-order chi connectivity index (χ0) is 13.7. The number of piperidine rings is 1. The van der Waals surface area contributed by atoms with Crippen molar-refractivity contribution in [2.24, 2.45) is 5.73 Å². The second-order valence-corrected chi connectivity index (χ2v) is 4.70. The van der Waals surface area contributed by atoms with Crippen LogP contribution in [0.2, 0.25) is 0 Å². The van der Waals surface area contributed by atoms with Crippen LogP contribution in [0.4, 0.5) is 4.39 Å². The van der Waals surface area contributed by atoms with Gasteiger partial charge < -0.3 is 15.4 Å². The number of nitrogens with two attached hydrogens (primary N) is 1. The average molecular weight is 266 g/mol. The third kappa shape index (κ3) is 3.92. The van der Waals surface area contributed by atoms with E-state index in [0.29, 0.717) is 38.2 Å². The number of benzene rings is 1. The van der Waals surface area contributed by atoms with Crippen molar-refractivity contribution in [2.45, 2.75) is 25.6 Å². The van der Waals surface area contributed by atoms with E-state index in [9.17, 15) is 9.18 Å².